The van der Waals surface area contributed by atoms with Gasteiger partial charge in [0.05, 0.1) is 11.8 Å². The molecule has 1 amide bonds. The molecule has 2 atom stereocenters. The summed E-state index contributed by atoms with van der Waals surface area (Å²) in [5.41, 5.74) is 0.199. The van der Waals surface area contributed by atoms with Crippen molar-refractivity contribution in [1.82, 2.24) is 18.5 Å². The lowest BCUT2D eigenvalue weighted by molar-refractivity contribution is 0.0587. The van der Waals surface area contributed by atoms with Gasteiger partial charge in [0, 0.05) is 46.0 Å². The highest BCUT2D eigenvalue weighted by Crippen LogP contribution is 2.30. The van der Waals surface area contributed by atoms with E-state index in [0.717, 1.165) is 19.0 Å². The van der Waals surface area contributed by atoms with Gasteiger partial charge in [-0.2, -0.15) is 17.0 Å². The fourth-order valence-electron chi connectivity index (χ4n) is 3.40. The van der Waals surface area contributed by atoms with Crippen LogP contribution in [0.1, 0.15) is 23.2 Å². The Hall–Kier alpha value is -1.58. The smallest absolute Gasteiger partial charge is 0.281 e. The van der Waals surface area contributed by atoms with Crippen molar-refractivity contribution < 1.29 is 17.6 Å². The average Bonchev–Trinajstić information content (AvgIpc) is 2.86. The van der Waals surface area contributed by atoms with E-state index in [0.29, 0.717) is 13.1 Å². The average molecular weight is 356 g/mol. The van der Waals surface area contributed by atoms with E-state index in [2.05, 4.69) is 4.98 Å². The molecular formula is C15H21FN4O3S. The van der Waals surface area contributed by atoms with Gasteiger partial charge in [0.15, 0.2) is 0 Å². The van der Waals surface area contributed by atoms with Crippen LogP contribution in [0.2, 0.25) is 0 Å². The van der Waals surface area contributed by atoms with Gasteiger partial charge in [-0.15, -0.1) is 0 Å². The van der Waals surface area contributed by atoms with E-state index < -0.39 is 16.0 Å². The third kappa shape index (κ3) is 3.15. The Morgan fingerprint density at radius 3 is 2.67 bits per heavy atom. The zero-order valence-corrected chi connectivity index (χ0v) is 14.5. The minimum atomic E-state index is -3.51. The molecular weight excluding hydrogens is 335 g/mol. The lowest BCUT2D eigenvalue weighted by Crippen LogP contribution is -2.48. The van der Waals surface area contributed by atoms with E-state index in [9.17, 15) is 17.6 Å². The molecule has 0 saturated carbocycles. The van der Waals surface area contributed by atoms with E-state index >= 15 is 0 Å². The van der Waals surface area contributed by atoms with Crippen LogP contribution in [0.25, 0.3) is 0 Å². The standard InChI is InChI=1S/C15H21FN4O3S/c1-18(2)24(22,23)19-8-11-3-4-14(10-19)20(9-11)15(21)12-5-13(16)7-17-6-12/h5-7,11,14H,3-4,8-10H2,1-2H3/t11-,14+/m0/s1. The molecule has 1 aromatic heterocycles. The zero-order chi connectivity index (χ0) is 17.5. The lowest BCUT2D eigenvalue weighted by Gasteiger charge is -2.36. The Labute approximate surface area is 141 Å². The van der Waals surface area contributed by atoms with Crippen LogP contribution in [-0.4, -0.2) is 72.6 Å². The zero-order valence-electron chi connectivity index (χ0n) is 13.7. The van der Waals surface area contributed by atoms with E-state index in [1.165, 1.54) is 35.0 Å². The molecule has 4 heterocycles. The van der Waals surface area contributed by atoms with Gasteiger partial charge < -0.3 is 4.90 Å². The second-order valence-corrected chi connectivity index (χ2v) is 8.70. The van der Waals surface area contributed by atoms with Crippen molar-refractivity contribution in [2.45, 2.75) is 18.9 Å². The first kappa shape index (κ1) is 17.2. The summed E-state index contributed by atoms with van der Waals surface area (Å²) in [6, 6.07) is 0.969. The number of hydrogen-bond acceptors (Lipinski definition) is 4. The lowest BCUT2D eigenvalue weighted by atomic mass is 9.94. The molecule has 4 rings (SSSR count). The molecule has 3 fully saturated rings. The fraction of sp³-hybridized carbons (Fsp3) is 0.600. The molecule has 3 aliphatic heterocycles. The summed E-state index contributed by atoms with van der Waals surface area (Å²) in [7, 11) is -0.506. The van der Waals surface area contributed by atoms with Gasteiger partial charge in [0.25, 0.3) is 16.1 Å². The summed E-state index contributed by atoms with van der Waals surface area (Å²) in [6.45, 7) is 1.16. The van der Waals surface area contributed by atoms with Crippen LogP contribution in [0.3, 0.4) is 0 Å². The molecule has 1 aromatic rings. The molecule has 3 saturated heterocycles. The number of pyridine rings is 1. The molecule has 9 heteroatoms. The van der Waals surface area contributed by atoms with Crippen LogP contribution in [0.4, 0.5) is 4.39 Å². The summed E-state index contributed by atoms with van der Waals surface area (Å²) < 4.78 is 40.9. The van der Waals surface area contributed by atoms with Gasteiger partial charge in [-0.3, -0.25) is 9.78 Å². The molecule has 132 valence electrons. The van der Waals surface area contributed by atoms with Crippen LogP contribution < -0.4 is 0 Å². The molecule has 24 heavy (non-hydrogen) atoms. The Morgan fingerprint density at radius 2 is 2.00 bits per heavy atom. The Kier molecular flexibility index (Phi) is 4.58. The van der Waals surface area contributed by atoms with Crippen LogP contribution in [0, 0.1) is 11.7 Å². The summed E-state index contributed by atoms with van der Waals surface area (Å²) >= 11 is 0. The maximum absolute atomic E-state index is 13.3. The number of halogens is 1. The Bertz CT molecular complexity index is 740. The first-order valence-electron chi connectivity index (χ1n) is 7.88. The van der Waals surface area contributed by atoms with Gasteiger partial charge in [0.1, 0.15) is 5.82 Å². The van der Waals surface area contributed by atoms with Gasteiger partial charge in [-0.05, 0) is 24.8 Å². The number of carbonyl (C=O) groups excluding carboxylic acids is 1. The van der Waals surface area contributed by atoms with E-state index in [1.807, 2.05) is 0 Å². The van der Waals surface area contributed by atoms with Crippen LogP contribution in [-0.2, 0) is 10.2 Å². The predicted octanol–water partition coefficient (Wildman–Crippen LogP) is 0.564. The monoisotopic (exact) mass is 356 g/mol. The van der Waals surface area contributed by atoms with Gasteiger partial charge in [0.2, 0.25) is 0 Å². The third-order valence-electron chi connectivity index (χ3n) is 4.68. The van der Waals surface area contributed by atoms with Crippen molar-refractivity contribution in [2.24, 2.45) is 5.92 Å². The number of piperidine rings is 1. The number of fused-ring (bicyclic) bond motifs is 4. The first-order valence-corrected chi connectivity index (χ1v) is 9.28. The van der Waals surface area contributed by atoms with Crippen LogP contribution in [0.5, 0.6) is 0 Å². The summed E-state index contributed by atoms with van der Waals surface area (Å²) in [5, 5.41) is 0. The highest BCUT2D eigenvalue weighted by atomic mass is 32.2. The number of carbonyl (C=O) groups is 1. The van der Waals surface area contributed by atoms with Gasteiger partial charge in [-0.1, -0.05) is 0 Å². The van der Waals surface area contributed by atoms with Crippen molar-refractivity contribution in [3.05, 3.63) is 29.8 Å². The van der Waals surface area contributed by atoms with Gasteiger partial charge >= 0.3 is 0 Å². The summed E-state index contributed by atoms with van der Waals surface area (Å²) in [4.78, 5) is 18.1. The first-order chi connectivity index (χ1) is 11.3. The fourth-order valence-corrected chi connectivity index (χ4v) is 4.62. The second-order valence-electron chi connectivity index (χ2n) is 6.55. The minimum absolute atomic E-state index is 0.0870. The molecule has 0 unspecified atom stereocenters. The summed E-state index contributed by atoms with van der Waals surface area (Å²) in [5.74, 6) is -0.762. The number of rotatable bonds is 3. The number of nitrogens with zero attached hydrogens (tertiary/aromatic N) is 4. The summed E-state index contributed by atoms with van der Waals surface area (Å²) in [6.07, 6.45) is 4.03. The number of hydrogen-bond donors (Lipinski definition) is 0. The molecule has 2 bridgehead atoms. The Morgan fingerprint density at radius 1 is 1.25 bits per heavy atom. The second kappa shape index (κ2) is 6.38. The molecule has 0 spiro atoms. The highest BCUT2D eigenvalue weighted by molar-refractivity contribution is 7.86. The van der Waals surface area contributed by atoms with E-state index in [4.69, 9.17) is 0 Å². The van der Waals surface area contributed by atoms with Crippen molar-refractivity contribution in [2.75, 3.05) is 33.7 Å². The maximum Gasteiger partial charge on any atom is 0.281 e. The van der Waals surface area contributed by atoms with Crippen LogP contribution in [0.15, 0.2) is 18.5 Å². The molecule has 3 aliphatic rings. The van der Waals surface area contributed by atoms with E-state index in [-0.39, 0.29) is 30.0 Å². The maximum atomic E-state index is 13.3. The SMILES string of the molecule is CN(C)S(=O)(=O)N1C[C@@H]2CC[C@H](C1)N(C(=O)c1cncc(F)c1)C2. The van der Waals surface area contributed by atoms with Crippen LogP contribution >= 0.6 is 0 Å². The predicted molar refractivity (Wildman–Crippen MR) is 85.9 cm³/mol. The molecule has 0 aromatic carbocycles. The third-order valence-corrected chi connectivity index (χ3v) is 6.55. The van der Waals surface area contributed by atoms with Gasteiger partial charge in [-0.25, -0.2) is 4.39 Å². The molecule has 0 radical (unpaired) electrons. The number of amides is 1. The molecule has 7 nitrogen and oxygen atoms in total. The quantitative estimate of drug-likeness (QED) is 0.793. The molecule has 0 N–H and O–H groups in total. The normalized spacial score (nSPS) is 25.1. The van der Waals surface area contributed by atoms with Crippen molar-refractivity contribution in [3.63, 3.8) is 0 Å². The highest BCUT2D eigenvalue weighted by Gasteiger charge is 2.41. The minimum Gasteiger partial charge on any atom is -0.334 e. The van der Waals surface area contributed by atoms with Crippen molar-refractivity contribution in [3.8, 4) is 0 Å². The van der Waals surface area contributed by atoms with Crippen molar-refractivity contribution >= 4 is 16.1 Å². The van der Waals surface area contributed by atoms with E-state index in [1.54, 1.807) is 4.90 Å². The molecule has 0 aliphatic carbocycles. The Balaban J connectivity index is 1.85. The van der Waals surface area contributed by atoms with Crippen molar-refractivity contribution in [1.29, 1.82) is 0 Å². The topological polar surface area (TPSA) is 73.8 Å². The largest absolute Gasteiger partial charge is 0.334 e. The number of aromatic nitrogens is 1.